The minimum Gasteiger partial charge on any atom is -0.335 e. The molecule has 3 rings (SSSR count). The molecule has 2 amide bonds. The van der Waals surface area contributed by atoms with Crippen LogP contribution in [0.15, 0.2) is 29.6 Å². The van der Waals surface area contributed by atoms with Crippen molar-refractivity contribution in [2.24, 2.45) is 0 Å². The van der Waals surface area contributed by atoms with Gasteiger partial charge in [-0.25, -0.2) is 4.79 Å². The zero-order chi connectivity index (χ0) is 13.1. The van der Waals surface area contributed by atoms with Gasteiger partial charge < -0.3 is 10.6 Å². The van der Waals surface area contributed by atoms with E-state index in [2.05, 4.69) is 28.1 Å². The third-order valence-electron chi connectivity index (χ3n) is 3.65. The first-order chi connectivity index (χ1) is 9.31. The molecule has 3 nitrogen and oxygen atoms in total. The lowest BCUT2D eigenvalue weighted by atomic mass is 9.96. The van der Waals surface area contributed by atoms with Crippen molar-refractivity contribution >= 4 is 33.1 Å². The standard InChI is InChI=1S/C15H18N2OS/c18-15(16-12-4-2-1-3-5-12)17-13-6-7-14-11(10-13)8-9-19-14/h6-10,12H,1-5H2,(H2,16,17,18). The summed E-state index contributed by atoms with van der Waals surface area (Å²) in [7, 11) is 0. The molecule has 0 bridgehead atoms. The van der Waals surface area contributed by atoms with E-state index in [1.165, 1.54) is 29.3 Å². The molecule has 1 saturated carbocycles. The third kappa shape index (κ3) is 3.07. The Balaban J connectivity index is 1.61. The molecular formula is C15H18N2OS. The Morgan fingerprint density at radius 1 is 1.16 bits per heavy atom. The Hall–Kier alpha value is -1.55. The molecule has 1 aliphatic rings. The van der Waals surface area contributed by atoms with Crippen LogP contribution in [0, 0.1) is 0 Å². The Morgan fingerprint density at radius 3 is 2.84 bits per heavy atom. The Morgan fingerprint density at radius 2 is 2.00 bits per heavy atom. The van der Waals surface area contributed by atoms with Crippen molar-refractivity contribution in [2.45, 2.75) is 38.1 Å². The van der Waals surface area contributed by atoms with Gasteiger partial charge in [-0.15, -0.1) is 11.3 Å². The van der Waals surface area contributed by atoms with Crippen molar-refractivity contribution in [1.82, 2.24) is 5.32 Å². The van der Waals surface area contributed by atoms with Crippen molar-refractivity contribution in [3.8, 4) is 0 Å². The fraction of sp³-hybridized carbons (Fsp3) is 0.400. The van der Waals surface area contributed by atoms with E-state index in [0.29, 0.717) is 6.04 Å². The minimum absolute atomic E-state index is 0.0820. The van der Waals surface area contributed by atoms with Crippen molar-refractivity contribution in [3.05, 3.63) is 29.6 Å². The maximum Gasteiger partial charge on any atom is 0.319 e. The predicted octanol–water partition coefficient (Wildman–Crippen LogP) is 4.36. The Bertz CT molecular complexity index is 572. The van der Waals surface area contributed by atoms with Gasteiger partial charge in [-0.2, -0.15) is 0 Å². The zero-order valence-corrected chi connectivity index (χ0v) is 11.6. The molecule has 100 valence electrons. The van der Waals surface area contributed by atoms with Crippen LogP contribution in [0.2, 0.25) is 0 Å². The van der Waals surface area contributed by atoms with E-state index in [4.69, 9.17) is 0 Å². The smallest absolute Gasteiger partial charge is 0.319 e. The number of amides is 2. The number of carbonyl (C=O) groups is 1. The molecule has 1 aromatic carbocycles. The van der Waals surface area contributed by atoms with Gasteiger partial charge in [-0.3, -0.25) is 0 Å². The average Bonchev–Trinajstić information content (AvgIpc) is 2.87. The molecule has 19 heavy (non-hydrogen) atoms. The van der Waals surface area contributed by atoms with Gasteiger partial charge in [0.15, 0.2) is 0 Å². The topological polar surface area (TPSA) is 41.1 Å². The fourth-order valence-electron chi connectivity index (χ4n) is 2.64. The number of rotatable bonds is 2. The van der Waals surface area contributed by atoms with Gasteiger partial charge in [0.1, 0.15) is 0 Å². The third-order valence-corrected chi connectivity index (χ3v) is 4.55. The number of anilines is 1. The first-order valence-corrected chi connectivity index (χ1v) is 7.74. The summed E-state index contributed by atoms with van der Waals surface area (Å²) in [6, 6.07) is 8.37. The molecule has 0 unspecified atom stereocenters. The number of fused-ring (bicyclic) bond motifs is 1. The van der Waals surface area contributed by atoms with Crippen molar-refractivity contribution < 1.29 is 4.79 Å². The molecule has 0 radical (unpaired) electrons. The number of nitrogens with one attached hydrogen (secondary N) is 2. The number of carbonyl (C=O) groups excluding carboxylic acids is 1. The van der Waals surface area contributed by atoms with Gasteiger partial charge in [0.05, 0.1) is 0 Å². The average molecular weight is 274 g/mol. The molecule has 4 heteroatoms. The number of benzene rings is 1. The summed E-state index contributed by atoms with van der Waals surface area (Å²) in [6.07, 6.45) is 5.97. The van der Waals surface area contributed by atoms with Gasteiger partial charge in [-0.1, -0.05) is 19.3 Å². The van der Waals surface area contributed by atoms with Crippen LogP contribution in [0.1, 0.15) is 32.1 Å². The van der Waals surface area contributed by atoms with Crippen molar-refractivity contribution in [3.63, 3.8) is 0 Å². The molecule has 2 aromatic rings. The van der Waals surface area contributed by atoms with Crippen LogP contribution in [-0.2, 0) is 0 Å². The van der Waals surface area contributed by atoms with Crippen molar-refractivity contribution in [1.29, 1.82) is 0 Å². The summed E-state index contributed by atoms with van der Waals surface area (Å²) < 4.78 is 1.25. The van der Waals surface area contributed by atoms with E-state index in [0.717, 1.165) is 18.5 Å². The SMILES string of the molecule is O=C(Nc1ccc2sccc2c1)NC1CCCCC1. The molecule has 0 saturated heterocycles. The first kappa shape index (κ1) is 12.5. The molecule has 0 aliphatic heterocycles. The number of urea groups is 1. The van der Waals surface area contributed by atoms with Gasteiger partial charge in [0.2, 0.25) is 0 Å². The Labute approximate surface area is 117 Å². The number of hydrogen-bond acceptors (Lipinski definition) is 2. The van der Waals surface area contributed by atoms with Crippen molar-refractivity contribution in [2.75, 3.05) is 5.32 Å². The van der Waals surface area contributed by atoms with E-state index < -0.39 is 0 Å². The number of thiophene rings is 1. The first-order valence-electron chi connectivity index (χ1n) is 6.86. The largest absolute Gasteiger partial charge is 0.335 e. The predicted molar refractivity (Wildman–Crippen MR) is 80.9 cm³/mol. The van der Waals surface area contributed by atoms with Crippen LogP contribution in [0.4, 0.5) is 10.5 Å². The van der Waals surface area contributed by atoms with Gasteiger partial charge >= 0.3 is 6.03 Å². The molecule has 1 heterocycles. The molecule has 1 aromatic heterocycles. The van der Waals surface area contributed by atoms with Crippen LogP contribution < -0.4 is 10.6 Å². The van der Waals surface area contributed by atoms with E-state index in [9.17, 15) is 4.79 Å². The van der Waals surface area contributed by atoms with Crippen LogP contribution in [0.3, 0.4) is 0 Å². The summed E-state index contributed by atoms with van der Waals surface area (Å²) in [6.45, 7) is 0. The highest BCUT2D eigenvalue weighted by atomic mass is 32.1. The summed E-state index contributed by atoms with van der Waals surface area (Å²) in [5.41, 5.74) is 0.860. The van der Waals surface area contributed by atoms with Crippen LogP contribution in [-0.4, -0.2) is 12.1 Å². The monoisotopic (exact) mass is 274 g/mol. The van der Waals surface area contributed by atoms with E-state index in [-0.39, 0.29) is 6.03 Å². The fourth-order valence-corrected chi connectivity index (χ4v) is 3.41. The summed E-state index contributed by atoms with van der Waals surface area (Å²) in [5.74, 6) is 0. The highest BCUT2D eigenvalue weighted by molar-refractivity contribution is 7.17. The normalized spacial score (nSPS) is 16.4. The summed E-state index contributed by atoms with van der Waals surface area (Å²) in [4.78, 5) is 11.9. The molecule has 2 N–H and O–H groups in total. The second kappa shape index (κ2) is 5.61. The quantitative estimate of drug-likeness (QED) is 0.839. The summed E-state index contributed by atoms with van der Waals surface area (Å²) >= 11 is 1.72. The van der Waals surface area contributed by atoms with E-state index in [1.807, 2.05) is 12.1 Å². The molecule has 1 fully saturated rings. The lowest BCUT2D eigenvalue weighted by molar-refractivity contribution is 0.244. The van der Waals surface area contributed by atoms with Gasteiger partial charge in [0, 0.05) is 16.4 Å². The maximum atomic E-state index is 11.9. The highest BCUT2D eigenvalue weighted by Gasteiger charge is 2.15. The van der Waals surface area contributed by atoms with Gasteiger partial charge in [0.25, 0.3) is 0 Å². The molecule has 0 atom stereocenters. The van der Waals surface area contributed by atoms with Crippen LogP contribution in [0.25, 0.3) is 10.1 Å². The zero-order valence-electron chi connectivity index (χ0n) is 10.8. The number of hydrogen-bond donors (Lipinski definition) is 2. The molecular weight excluding hydrogens is 256 g/mol. The maximum absolute atomic E-state index is 11.9. The highest BCUT2D eigenvalue weighted by Crippen LogP contribution is 2.24. The minimum atomic E-state index is -0.0820. The lowest BCUT2D eigenvalue weighted by Crippen LogP contribution is -2.38. The van der Waals surface area contributed by atoms with Crippen LogP contribution in [0.5, 0.6) is 0 Å². The van der Waals surface area contributed by atoms with Crippen LogP contribution >= 0.6 is 11.3 Å². The van der Waals surface area contributed by atoms with E-state index in [1.54, 1.807) is 11.3 Å². The molecule has 1 aliphatic carbocycles. The van der Waals surface area contributed by atoms with Gasteiger partial charge in [-0.05, 0) is 47.9 Å². The summed E-state index contributed by atoms with van der Waals surface area (Å²) in [5, 5.41) is 9.23. The lowest BCUT2D eigenvalue weighted by Gasteiger charge is -2.22. The molecule has 0 spiro atoms. The second-order valence-corrected chi connectivity index (χ2v) is 6.05. The Kier molecular flexibility index (Phi) is 3.69. The second-order valence-electron chi connectivity index (χ2n) is 5.11. The van der Waals surface area contributed by atoms with E-state index >= 15 is 0 Å².